The quantitative estimate of drug-likeness (QED) is 0.702. The van der Waals surface area contributed by atoms with E-state index in [2.05, 4.69) is 36.3 Å². The molecule has 0 saturated heterocycles. The average Bonchev–Trinajstić information content (AvgIpc) is 2.90. The second kappa shape index (κ2) is 7.99. The third-order valence-electron chi connectivity index (χ3n) is 4.12. The first-order chi connectivity index (χ1) is 10.6. The third-order valence-corrected chi connectivity index (χ3v) is 4.12. The minimum absolute atomic E-state index is 0.0607. The Bertz CT molecular complexity index is 604. The number of hydrogen-bond acceptors (Lipinski definition) is 2. The molecule has 0 bridgehead atoms. The number of rotatable bonds is 8. The lowest BCUT2D eigenvalue weighted by atomic mass is 10.0. The van der Waals surface area contributed by atoms with Crippen molar-refractivity contribution in [3.05, 3.63) is 36.0 Å². The Morgan fingerprint density at radius 2 is 2.09 bits per heavy atom. The first-order valence-corrected chi connectivity index (χ1v) is 8.07. The average molecular weight is 302 g/mol. The molecule has 0 saturated carbocycles. The number of aryl methyl sites for hydroxylation is 1. The molecule has 2 rings (SSSR count). The topological polar surface area (TPSA) is 65.1 Å². The van der Waals surface area contributed by atoms with Gasteiger partial charge in [-0.1, -0.05) is 32.0 Å². The van der Waals surface area contributed by atoms with Gasteiger partial charge >= 0.3 is 0 Å². The Hall–Kier alpha value is -1.81. The van der Waals surface area contributed by atoms with Gasteiger partial charge in [-0.05, 0) is 36.8 Å². The SMILES string of the molecule is CC(C)C(CCO)NC(=O)CCCc1c[nH]c2ccccc12. The fourth-order valence-corrected chi connectivity index (χ4v) is 2.77. The number of hydrogen-bond donors (Lipinski definition) is 3. The zero-order valence-electron chi connectivity index (χ0n) is 13.4. The first kappa shape index (κ1) is 16.6. The number of para-hydroxylation sites is 1. The Morgan fingerprint density at radius 1 is 1.32 bits per heavy atom. The molecule has 1 aromatic heterocycles. The van der Waals surface area contributed by atoms with Crippen molar-refractivity contribution in [2.75, 3.05) is 6.61 Å². The predicted octanol–water partition coefficient (Wildman–Crippen LogP) is 3.01. The van der Waals surface area contributed by atoms with Gasteiger partial charge in [0.05, 0.1) is 0 Å². The summed E-state index contributed by atoms with van der Waals surface area (Å²) in [6, 6.07) is 8.29. The number of amides is 1. The molecule has 120 valence electrons. The van der Waals surface area contributed by atoms with Gasteiger partial charge in [0.2, 0.25) is 5.91 Å². The summed E-state index contributed by atoms with van der Waals surface area (Å²) in [6.07, 6.45) is 4.90. The molecule has 1 unspecified atom stereocenters. The van der Waals surface area contributed by atoms with E-state index in [0.29, 0.717) is 18.8 Å². The van der Waals surface area contributed by atoms with Gasteiger partial charge < -0.3 is 15.4 Å². The molecule has 1 aromatic carbocycles. The summed E-state index contributed by atoms with van der Waals surface area (Å²) in [4.78, 5) is 15.3. The van der Waals surface area contributed by atoms with E-state index in [1.165, 1.54) is 10.9 Å². The largest absolute Gasteiger partial charge is 0.396 e. The predicted molar refractivity (Wildman–Crippen MR) is 89.7 cm³/mol. The van der Waals surface area contributed by atoms with Gasteiger partial charge in [-0.3, -0.25) is 4.79 Å². The van der Waals surface area contributed by atoms with Crippen molar-refractivity contribution < 1.29 is 9.90 Å². The van der Waals surface area contributed by atoms with Crippen LogP contribution < -0.4 is 5.32 Å². The summed E-state index contributed by atoms with van der Waals surface area (Å²) >= 11 is 0. The van der Waals surface area contributed by atoms with E-state index in [1.807, 2.05) is 18.3 Å². The highest BCUT2D eigenvalue weighted by Gasteiger charge is 2.15. The molecule has 0 aliphatic rings. The van der Waals surface area contributed by atoms with Crippen molar-refractivity contribution in [2.45, 2.75) is 45.6 Å². The van der Waals surface area contributed by atoms with Crippen molar-refractivity contribution in [2.24, 2.45) is 5.92 Å². The van der Waals surface area contributed by atoms with E-state index in [4.69, 9.17) is 5.11 Å². The van der Waals surface area contributed by atoms with Crippen LogP contribution in [0.15, 0.2) is 30.5 Å². The van der Waals surface area contributed by atoms with Crippen molar-refractivity contribution in [3.8, 4) is 0 Å². The Labute approximate surface area is 131 Å². The summed E-state index contributed by atoms with van der Waals surface area (Å²) < 4.78 is 0. The third kappa shape index (κ3) is 4.34. The van der Waals surface area contributed by atoms with Gasteiger partial charge in [-0.2, -0.15) is 0 Å². The van der Waals surface area contributed by atoms with Gasteiger partial charge in [0.15, 0.2) is 0 Å². The van der Waals surface area contributed by atoms with Crippen LogP contribution in [0.4, 0.5) is 0 Å². The summed E-state index contributed by atoms with van der Waals surface area (Å²) in [5, 5.41) is 13.3. The van der Waals surface area contributed by atoms with Crippen LogP contribution >= 0.6 is 0 Å². The molecule has 4 heteroatoms. The zero-order chi connectivity index (χ0) is 15.9. The molecular weight excluding hydrogens is 276 g/mol. The van der Waals surface area contributed by atoms with Crippen LogP contribution in [0, 0.1) is 5.92 Å². The molecule has 1 amide bonds. The summed E-state index contributed by atoms with van der Waals surface area (Å²) in [6.45, 7) is 4.23. The second-order valence-electron chi connectivity index (χ2n) is 6.14. The lowest BCUT2D eigenvalue weighted by Gasteiger charge is -2.21. The lowest BCUT2D eigenvalue weighted by molar-refractivity contribution is -0.122. The first-order valence-electron chi connectivity index (χ1n) is 8.07. The second-order valence-corrected chi connectivity index (χ2v) is 6.14. The van der Waals surface area contributed by atoms with Gasteiger partial charge in [-0.25, -0.2) is 0 Å². The van der Waals surface area contributed by atoms with Crippen LogP contribution in [0.3, 0.4) is 0 Å². The molecule has 0 aliphatic heterocycles. The van der Waals surface area contributed by atoms with E-state index in [-0.39, 0.29) is 18.6 Å². The number of nitrogens with one attached hydrogen (secondary N) is 2. The van der Waals surface area contributed by atoms with Crippen LogP contribution in [0.25, 0.3) is 10.9 Å². The number of aromatic amines is 1. The van der Waals surface area contributed by atoms with Gasteiger partial charge in [0.1, 0.15) is 0 Å². The molecule has 0 radical (unpaired) electrons. The number of H-pyrrole nitrogens is 1. The maximum atomic E-state index is 12.0. The number of aliphatic hydroxyl groups is 1. The van der Waals surface area contributed by atoms with Crippen molar-refractivity contribution >= 4 is 16.8 Å². The van der Waals surface area contributed by atoms with E-state index in [9.17, 15) is 4.79 Å². The fraction of sp³-hybridized carbons (Fsp3) is 0.500. The van der Waals surface area contributed by atoms with Gasteiger partial charge in [0.25, 0.3) is 0 Å². The van der Waals surface area contributed by atoms with Crippen LogP contribution in [0.2, 0.25) is 0 Å². The van der Waals surface area contributed by atoms with Crippen LogP contribution in [-0.4, -0.2) is 28.6 Å². The maximum Gasteiger partial charge on any atom is 0.220 e. The molecule has 4 nitrogen and oxygen atoms in total. The molecule has 22 heavy (non-hydrogen) atoms. The molecule has 0 fully saturated rings. The number of benzene rings is 1. The van der Waals surface area contributed by atoms with Crippen molar-refractivity contribution in [1.82, 2.24) is 10.3 Å². The monoisotopic (exact) mass is 302 g/mol. The Kier molecular flexibility index (Phi) is 6.01. The normalized spacial score (nSPS) is 12.7. The number of aromatic nitrogens is 1. The number of fused-ring (bicyclic) bond motifs is 1. The van der Waals surface area contributed by atoms with E-state index in [1.54, 1.807) is 0 Å². The highest BCUT2D eigenvalue weighted by Crippen LogP contribution is 2.19. The van der Waals surface area contributed by atoms with Crippen molar-refractivity contribution in [1.29, 1.82) is 0 Å². The van der Waals surface area contributed by atoms with Crippen LogP contribution in [0.1, 0.15) is 38.7 Å². The highest BCUT2D eigenvalue weighted by molar-refractivity contribution is 5.83. The number of carbonyl (C=O) groups is 1. The smallest absolute Gasteiger partial charge is 0.220 e. The fourth-order valence-electron chi connectivity index (χ4n) is 2.77. The van der Waals surface area contributed by atoms with Gasteiger partial charge in [-0.15, -0.1) is 0 Å². The summed E-state index contributed by atoms with van der Waals surface area (Å²) in [5.74, 6) is 0.414. The lowest BCUT2D eigenvalue weighted by Crippen LogP contribution is -2.39. The molecule has 1 atom stereocenters. The molecule has 0 aliphatic carbocycles. The minimum atomic E-state index is 0.0607. The van der Waals surface area contributed by atoms with Crippen molar-refractivity contribution in [3.63, 3.8) is 0 Å². The van der Waals surface area contributed by atoms with E-state index >= 15 is 0 Å². The Balaban J connectivity index is 1.81. The highest BCUT2D eigenvalue weighted by atomic mass is 16.3. The standard InChI is InChI=1S/C18H26N2O2/c1-13(2)16(10-11-21)20-18(22)9-5-6-14-12-19-17-8-4-3-7-15(14)17/h3-4,7-8,12-13,16,19,21H,5-6,9-11H2,1-2H3,(H,20,22). The molecule has 3 N–H and O–H groups in total. The molecule has 0 spiro atoms. The Morgan fingerprint density at radius 3 is 2.82 bits per heavy atom. The van der Waals surface area contributed by atoms with Crippen LogP contribution in [0.5, 0.6) is 0 Å². The minimum Gasteiger partial charge on any atom is -0.396 e. The summed E-state index contributed by atoms with van der Waals surface area (Å²) in [7, 11) is 0. The number of carbonyl (C=O) groups excluding carboxylic acids is 1. The molecular formula is C18H26N2O2. The summed E-state index contributed by atoms with van der Waals surface area (Å²) in [5.41, 5.74) is 2.41. The molecule has 2 aromatic rings. The maximum absolute atomic E-state index is 12.0. The van der Waals surface area contributed by atoms with Crippen LogP contribution in [-0.2, 0) is 11.2 Å². The van der Waals surface area contributed by atoms with E-state index < -0.39 is 0 Å². The van der Waals surface area contributed by atoms with Gasteiger partial charge in [0, 0.05) is 36.2 Å². The van der Waals surface area contributed by atoms with E-state index in [0.717, 1.165) is 18.4 Å². The molecule has 1 heterocycles. The number of aliphatic hydroxyl groups excluding tert-OH is 1. The zero-order valence-corrected chi connectivity index (χ0v) is 13.4.